The molecular formula is C14H21N3O4. The molecule has 0 aliphatic heterocycles. The van der Waals surface area contributed by atoms with Crippen molar-refractivity contribution in [2.75, 3.05) is 20.8 Å². The molecule has 1 aromatic carbocycles. The van der Waals surface area contributed by atoms with E-state index in [0.29, 0.717) is 24.5 Å². The van der Waals surface area contributed by atoms with Crippen LogP contribution in [0.1, 0.15) is 12.0 Å². The summed E-state index contributed by atoms with van der Waals surface area (Å²) in [4.78, 5) is 22.3. The fourth-order valence-corrected chi connectivity index (χ4v) is 1.81. The van der Waals surface area contributed by atoms with E-state index < -0.39 is 17.9 Å². The summed E-state index contributed by atoms with van der Waals surface area (Å²) in [5.74, 6) is 0.285. The minimum absolute atomic E-state index is 0.164. The lowest BCUT2D eigenvalue weighted by Crippen LogP contribution is -2.43. The monoisotopic (exact) mass is 295 g/mol. The van der Waals surface area contributed by atoms with Crippen molar-refractivity contribution in [3.05, 3.63) is 23.8 Å². The first kappa shape index (κ1) is 16.8. The number of amides is 2. The maximum Gasteiger partial charge on any atom is 0.237 e. The normalized spacial score (nSPS) is 11.6. The first-order valence-corrected chi connectivity index (χ1v) is 6.50. The maximum absolute atomic E-state index is 11.6. The minimum atomic E-state index is -0.909. The van der Waals surface area contributed by atoms with Crippen molar-refractivity contribution in [1.29, 1.82) is 0 Å². The average molecular weight is 295 g/mol. The number of hydrogen-bond donors (Lipinski definition) is 3. The number of methoxy groups -OCH3 is 2. The Morgan fingerprint density at radius 2 is 1.90 bits per heavy atom. The van der Waals surface area contributed by atoms with Crippen molar-refractivity contribution < 1.29 is 19.1 Å². The minimum Gasteiger partial charge on any atom is -0.493 e. The van der Waals surface area contributed by atoms with Crippen molar-refractivity contribution in [3.63, 3.8) is 0 Å². The van der Waals surface area contributed by atoms with Gasteiger partial charge in [0.15, 0.2) is 11.5 Å². The Hall–Kier alpha value is -2.28. The molecule has 1 aromatic rings. The molecule has 1 rings (SSSR count). The van der Waals surface area contributed by atoms with Gasteiger partial charge in [0.2, 0.25) is 11.8 Å². The Kier molecular flexibility index (Phi) is 6.48. The molecule has 5 N–H and O–H groups in total. The number of nitrogens with two attached hydrogens (primary N) is 2. The number of carbonyl (C=O) groups excluding carboxylic acids is 2. The van der Waals surface area contributed by atoms with Crippen LogP contribution in [0, 0.1) is 0 Å². The van der Waals surface area contributed by atoms with Crippen molar-refractivity contribution in [1.82, 2.24) is 5.32 Å². The van der Waals surface area contributed by atoms with Crippen LogP contribution in [0.15, 0.2) is 18.2 Å². The predicted octanol–water partition coefficient (Wildman–Crippen LogP) is -0.435. The van der Waals surface area contributed by atoms with Crippen molar-refractivity contribution >= 4 is 11.8 Å². The average Bonchev–Trinajstić information content (AvgIpc) is 2.46. The zero-order valence-corrected chi connectivity index (χ0v) is 12.2. The zero-order chi connectivity index (χ0) is 15.8. The Bertz CT molecular complexity index is 505. The fraction of sp³-hybridized carbons (Fsp3) is 0.429. The van der Waals surface area contributed by atoms with Crippen LogP contribution in [0.4, 0.5) is 0 Å². The van der Waals surface area contributed by atoms with Gasteiger partial charge < -0.3 is 26.3 Å². The van der Waals surface area contributed by atoms with Gasteiger partial charge in [-0.25, -0.2) is 0 Å². The number of ether oxygens (including phenoxy) is 2. The summed E-state index contributed by atoms with van der Waals surface area (Å²) in [5, 5.41) is 2.66. The van der Waals surface area contributed by atoms with Gasteiger partial charge in [0.05, 0.1) is 26.7 Å². The Balaban J connectivity index is 2.49. The van der Waals surface area contributed by atoms with E-state index in [-0.39, 0.29) is 6.42 Å². The van der Waals surface area contributed by atoms with Gasteiger partial charge in [-0.1, -0.05) is 6.07 Å². The lowest BCUT2D eigenvalue weighted by atomic mass is 10.1. The van der Waals surface area contributed by atoms with Gasteiger partial charge in [-0.15, -0.1) is 0 Å². The molecule has 0 heterocycles. The topological polar surface area (TPSA) is 117 Å². The second kappa shape index (κ2) is 8.11. The molecule has 0 saturated carbocycles. The van der Waals surface area contributed by atoms with Crippen molar-refractivity contribution in [3.8, 4) is 11.5 Å². The fourth-order valence-electron chi connectivity index (χ4n) is 1.81. The van der Waals surface area contributed by atoms with Crippen LogP contribution in [-0.4, -0.2) is 38.6 Å². The van der Waals surface area contributed by atoms with Gasteiger partial charge in [0.1, 0.15) is 0 Å². The van der Waals surface area contributed by atoms with Gasteiger partial charge in [-0.2, -0.15) is 0 Å². The number of rotatable bonds is 8. The summed E-state index contributed by atoms with van der Waals surface area (Å²) in [6, 6.07) is 4.62. The van der Waals surface area contributed by atoms with E-state index in [1.165, 1.54) is 0 Å². The highest BCUT2D eigenvalue weighted by Gasteiger charge is 2.15. The number of primary amides is 1. The number of hydrogen-bond acceptors (Lipinski definition) is 5. The SMILES string of the molecule is COc1ccc(CCNC(=O)C(N)CC(N)=O)cc1OC. The lowest BCUT2D eigenvalue weighted by molar-refractivity contribution is -0.126. The summed E-state index contributed by atoms with van der Waals surface area (Å²) >= 11 is 0. The molecule has 116 valence electrons. The zero-order valence-electron chi connectivity index (χ0n) is 12.2. The smallest absolute Gasteiger partial charge is 0.237 e. The number of benzene rings is 1. The van der Waals surface area contributed by atoms with Gasteiger partial charge >= 0.3 is 0 Å². The third kappa shape index (κ3) is 5.31. The summed E-state index contributed by atoms with van der Waals surface area (Å²) in [7, 11) is 3.13. The first-order valence-electron chi connectivity index (χ1n) is 6.50. The van der Waals surface area contributed by atoms with Crippen LogP contribution in [-0.2, 0) is 16.0 Å². The van der Waals surface area contributed by atoms with E-state index in [9.17, 15) is 9.59 Å². The van der Waals surface area contributed by atoms with E-state index >= 15 is 0 Å². The third-order valence-electron chi connectivity index (χ3n) is 2.92. The molecule has 0 aliphatic rings. The molecular weight excluding hydrogens is 274 g/mol. The first-order chi connectivity index (χ1) is 9.97. The van der Waals surface area contributed by atoms with Crippen molar-refractivity contribution in [2.45, 2.75) is 18.9 Å². The van der Waals surface area contributed by atoms with E-state index in [1.54, 1.807) is 20.3 Å². The molecule has 0 radical (unpaired) electrons. The second-order valence-corrected chi connectivity index (χ2v) is 4.51. The molecule has 1 atom stereocenters. The maximum atomic E-state index is 11.6. The summed E-state index contributed by atoms with van der Waals surface area (Å²) in [6.07, 6.45) is 0.442. The molecule has 0 aromatic heterocycles. The third-order valence-corrected chi connectivity index (χ3v) is 2.92. The molecule has 7 nitrogen and oxygen atoms in total. The summed E-state index contributed by atoms with van der Waals surface area (Å²) in [6.45, 7) is 0.404. The van der Waals surface area contributed by atoms with E-state index in [2.05, 4.69) is 5.32 Å². The highest BCUT2D eigenvalue weighted by atomic mass is 16.5. The molecule has 2 amide bonds. The van der Waals surface area contributed by atoms with Crippen LogP contribution >= 0.6 is 0 Å². The molecule has 7 heteroatoms. The molecule has 21 heavy (non-hydrogen) atoms. The van der Waals surface area contributed by atoms with Crippen LogP contribution in [0.25, 0.3) is 0 Å². The predicted molar refractivity (Wildman–Crippen MR) is 78.0 cm³/mol. The molecule has 0 fully saturated rings. The number of nitrogens with one attached hydrogen (secondary N) is 1. The lowest BCUT2D eigenvalue weighted by Gasteiger charge is -2.12. The molecule has 1 unspecified atom stereocenters. The van der Waals surface area contributed by atoms with Crippen LogP contribution in [0.5, 0.6) is 11.5 Å². The van der Waals surface area contributed by atoms with Crippen molar-refractivity contribution in [2.24, 2.45) is 11.5 Å². The van der Waals surface area contributed by atoms with Gasteiger partial charge in [0.25, 0.3) is 0 Å². The molecule has 0 aliphatic carbocycles. The van der Waals surface area contributed by atoms with Crippen LogP contribution in [0.2, 0.25) is 0 Å². The molecule has 0 saturated heterocycles. The van der Waals surface area contributed by atoms with E-state index in [1.807, 2.05) is 12.1 Å². The van der Waals surface area contributed by atoms with Gasteiger partial charge in [-0.05, 0) is 24.1 Å². The molecule has 0 spiro atoms. The van der Waals surface area contributed by atoms with Gasteiger partial charge in [-0.3, -0.25) is 9.59 Å². The van der Waals surface area contributed by atoms with Crippen LogP contribution in [0.3, 0.4) is 0 Å². The summed E-state index contributed by atoms with van der Waals surface area (Å²) in [5.41, 5.74) is 11.5. The quantitative estimate of drug-likeness (QED) is 0.601. The Morgan fingerprint density at radius 3 is 2.48 bits per heavy atom. The van der Waals surface area contributed by atoms with E-state index in [0.717, 1.165) is 5.56 Å². The molecule has 0 bridgehead atoms. The number of carbonyl (C=O) groups is 2. The highest BCUT2D eigenvalue weighted by Crippen LogP contribution is 2.27. The standard InChI is InChI=1S/C14H21N3O4/c1-20-11-4-3-9(7-12(11)21-2)5-6-17-14(19)10(15)8-13(16)18/h3-4,7,10H,5-6,8,15H2,1-2H3,(H2,16,18)(H,17,19). The highest BCUT2D eigenvalue weighted by molar-refractivity contribution is 5.87. The second-order valence-electron chi connectivity index (χ2n) is 4.51. The van der Waals surface area contributed by atoms with Gasteiger partial charge in [0, 0.05) is 6.54 Å². The Labute approximate surface area is 123 Å². The summed E-state index contributed by atoms with van der Waals surface area (Å²) < 4.78 is 10.3. The van der Waals surface area contributed by atoms with E-state index in [4.69, 9.17) is 20.9 Å². The largest absolute Gasteiger partial charge is 0.493 e. The van der Waals surface area contributed by atoms with Crippen LogP contribution < -0.4 is 26.3 Å². The Morgan fingerprint density at radius 1 is 1.24 bits per heavy atom.